The van der Waals surface area contributed by atoms with E-state index >= 15 is 0 Å². The Labute approximate surface area is 164 Å². The van der Waals surface area contributed by atoms with E-state index in [-0.39, 0.29) is 48.5 Å². The van der Waals surface area contributed by atoms with Crippen molar-refractivity contribution in [1.29, 1.82) is 0 Å². The Morgan fingerprint density at radius 1 is 1.14 bits per heavy atom. The summed E-state index contributed by atoms with van der Waals surface area (Å²) in [5.74, 6) is -0.147. The number of nitrogens with zero attached hydrogens (tertiary/aromatic N) is 1. The van der Waals surface area contributed by atoms with Gasteiger partial charge in [-0.05, 0) is 39.5 Å². The first kappa shape index (κ1) is 21.4. The summed E-state index contributed by atoms with van der Waals surface area (Å²) in [4.78, 5) is 22.3. The van der Waals surface area contributed by atoms with Crippen molar-refractivity contribution in [2.75, 3.05) is 6.54 Å². The maximum atomic E-state index is 13.7. The smallest absolute Gasteiger partial charge is 0.233 e. The lowest BCUT2D eigenvalue weighted by Gasteiger charge is -2.31. The summed E-state index contributed by atoms with van der Waals surface area (Å²) in [7, 11) is 0. The van der Waals surface area contributed by atoms with Crippen LogP contribution in [0.4, 0.5) is 8.78 Å². The topological polar surface area (TPSA) is 98.8 Å². The molecule has 1 saturated carbocycles. The van der Waals surface area contributed by atoms with Crippen LogP contribution in [0.3, 0.4) is 0 Å². The van der Waals surface area contributed by atoms with Crippen molar-refractivity contribution < 1.29 is 18.4 Å². The fourth-order valence-electron chi connectivity index (χ4n) is 4.08. The molecule has 8 nitrogen and oxygen atoms in total. The van der Waals surface area contributed by atoms with Gasteiger partial charge in [0.15, 0.2) is 5.96 Å². The Balaban J connectivity index is 1.60. The number of rotatable bonds is 4. The second-order valence-electron chi connectivity index (χ2n) is 8.35. The third kappa shape index (κ3) is 5.59. The summed E-state index contributed by atoms with van der Waals surface area (Å²) in [5.41, 5.74) is 8.94. The molecule has 1 amide bonds. The first-order chi connectivity index (χ1) is 13.3. The van der Waals surface area contributed by atoms with E-state index in [1.54, 1.807) is 0 Å². The van der Waals surface area contributed by atoms with Crippen LogP contribution in [0.2, 0.25) is 0 Å². The number of nitrogens with one attached hydrogen (secondary N) is 5. The van der Waals surface area contributed by atoms with Crippen LogP contribution in [0.15, 0.2) is 4.99 Å². The van der Waals surface area contributed by atoms with Crippen molar-refractivity contribution in [3.63, 3.8) is 0 Å². The van der Waals surface area contributed by atoms with E-state index in [0.717, 1.165) is 0 Å². The van der Waals surface area contributed by atoms with Crippen molar-refractivity contribution in [3.8, 4) is 0 Å². The van der Waals surface area contributed by atoms with Crippen molar-refractivity contribution in [1.82, 2.24) is 27.0 Å². The Bertz CT molecular complexity index is 568. The van der Waals surface area contributed by atoms with Gasteiger partial charge in [-0.1, -0.05) is 0 Å². The number of hydrogen-bond acceptors (Lipinski definition) is 6. The Kier molecular flexibility index (Phi) is 7.19. The lowest BCUT2D eigenvalue weighted by Crippen LogP contribution is -2.48. The lowest BCUT2D eigenvalue weighted by molar-refractivity contribution is -0.124. The average molecular weight is 402 g/mol. The van der Waals surface area contributed by atoms with Crippen LogP contribution in [-0.4, -0.2) is 55.1 Å². The first-order valence-corrected chi connectivity index (χ1v) is 10.1. The molecular formula is C18H32F2N6O2. The van der Waals surface area contributed by atoms with Crippen LogP contribution in [-0.2, 0) is 9.63 Å². The van der Waals surface area contributed by atoms with E-state index in [4.69, 9.17) is 4.84 Å². The van der Waals surface area contributed by atoms with Gasteiger partial charge in [0.2, 0.25) is 5.91 Å². The molecule has 3 rings (SSSR count). The Morgan fingerprint density at radius 2 is 1.86 bits per heavy atom. The second-order valence-corrected chi connectivity index (χ2v) is 8.35. The number of alkyl halides is 2. The maximum absolute atomic E-state index is 13.7. The van der Waals surface area contributed by atoms with Crippen LogP contribution in [0.5, 0.6) is 0 Å². The number of carbonyl (C=O) groups is 1. The van der Waals surface area contributed by atoms with Crippen molar-refractivity contribution in [2.24, 2.45) is 16.8 Å². The number of guanidine groups is 1. The summed E-state index contributed by atoms with van der Waals surface area (Å²) in [6.45, 7) is 6.20. The molecule has 6 atom stereocenters. The van der Waals surface area contributed by atoms with Crippen molar-refractivity contribution >= 4 is 11.9 Å². The van der Waals surface area contributed by atoms with Gasteiger partial charge in [0.05, 0.1) is 12.0 Å². The molecular weight excluding hydrogens is 370 g/mol. The molecule has 0 aromatic carbocycles. The molecule has 5 N–H and O–H groups in total. The highest BCUT2D eigenvalue weighted by atomic mass is 19.1. The fourth-order valence-corrected chi connectivity index (χ4v) is 4.08. The van der Waals surface area contributed by atoms with Gasteiger partial charge in [0.25, 0.3) is 0 Å². The van der Waals surface area contributed by atoms with Gasteiger partial charge in [0, 0.05) is 31.5 Å². The molecule has 10 heteroatoms. The quantitative estimate of drug-likeness (QED) is 0.350. The molecule has 3 aliphatic rings. The number of aliphatic imine (C=N–C) groups is 1. The Morgan fingerprint density at radius 3 is 2.46 bits per heavy atom. The van der Waals surface area contributed by atoms with Gasteiger partial charge >= 0.3 is 0 Å². The van der Waals surface area contributed by atoms with Crippen molar-refractivity contribution in [3.05, 3.63) is 0 Å². The van der Waals surface area contributed by atoms with E-state index < -0.39 is 12.3 Å². The summed E-state index contributed by atoms with van der Waals surface area (Å²) < 4.78 is 27.4. The fraction of sp³-hybridized carbons (Fsp3) is 0.889. The highest BCUT2D eigenvalue weighted by molar-refractivity contribution is 5.98. The predicted octanol–water partition coefficient (Wildman–Crippen LogP) is 0.665. The van der Waals surface area contributed by atoms with Crippen molar-refractivity contribution in [2.45, 2.75) is 83.2 Å². The van der Waals surface area contributed by atoms with Gasteiger partial charge in [-0.15, -0.1) is 0 Å². The minimum absolute atomic E-state index is 0.00484. The standard InChI is InChI=1S/C18H32F2N6O2/c1-9(2)22-18(24-17(27)14-8-21-28-10(14)3)23-16-7-15(25-26-16)11-4-12(19)6-13(20)5-11/h9-16,21,25-26H,4-8H2,1-3H3,(H2,22,23,24,27). The molecule has 0 bridgehead atoms. The van der Waals surface area contributed by atoms with Gasteiger partial charge in [-0.3, -0.25) is 20.4 Å². The normalized spacial score (nSPS) is 39.4. The van der Waals surface area contributed by atoms with E-state index in [1.165, 1.54) is 0 Å². The van der Waals surface area contributed by atoms with Gasteiger partial charge in [0.1, 0.15) is 18.5 Å². The lowest BCUT2D eigenvalue weighted by atomic mass is 9.81. The molecule has 6 unspecified atom stereocenters. The minimum Gasteiger partial charge on any atom is -0.354 e. The number of halogens is 2. The zero-order valence-electron chi connectivity index (χ0n) is 16.7. The summed E-state index contributed by atoms with van der Waals surface area (Å²) in [5, 5.41) is 6.00. The van der Waals surface area contributed by atoms with Crippen LogP contribution < -0.4 is 27.0 Å². The van der Waals surface area contributed by atoms with Crippen LogP contribution >= 0.6 is 0 Å². The van der Waals surface area contributed by atoms with E-state index in [0.29, 0.717) is 31.8 Å². The second kappa shape index (κ2) is 9.43. The molecule has 160 valence electrons. The Hall–Kier alpha value is -1.36. The summed E-state index contributed by atoms with van der Waals surface area (Å²) in [6, 6.07) is 0.0338. The van der Waals surface area contributed by atoms with Crippen LogP contribution in [0.25, 0.3) is 0 Å². The summed E-state index contributed by atoms with van der Waals surface area (Å²) >= 11 is 0. The van der Waals surface area contributed by atoms with E-state index in [2.05, 4.69) is 32.0 Å². The molecule has 0 spiro atoms. The molecule has 28 heavy (non-hydrogen) atoms. The number of hydrazine groups is 1. The number of amides is 1. The third-order valence-electron chi connectivity index (χ3n) is 5.54. The maximum Gasteiger partial charge on any atom is 0.233 e. The predicted molar refractivity (Wildman–Crippen MR) is 101 cm³/mol. The number of carbonyl (C=O) groups excluding carboxylic acids is 1. The van der Waals surface area contributed by atoms with E-state index in [9.17, 15) is 13.6 Å². The van der Waals surface area contributed by atoms with Gasteiger partial charge in [-0.25, -0.2) is 24.7 Å². The highest BCUT2D eigenvalue weighted by Crippen LogP contribution is 2.33. The molecule has 1 aliphatic carbocycles. The monoisotopic (exact) mass is 402 g/mol. The molecule has 2 saturated heterocycles. The number of hydroxylamine groups is 1. The first-order valence-electron chi connectivity index (χ1n) is 10.1. The molecule has 2 aliphatic heterocycles. The van der Waals surface area contributed by atoms with Gasteiger partial charge in [-0.2, -0.15) is 0 Å². The molecule has 0 radical (unpaired) electrons. The summed E-state index contributed by atoms with van der Waals surface area (Å²) in [6.07, 6.45) is -1.32. The zero-order valence-corrected chi connectivity index (χ0v) is 16.7. The molecule has 2 heterocycles. The van der Waals surface area contributed by atoms with E-state index in [1.807, 2.05) is 20.8 Å². The molecule has 0 aromatic rings. The zero-order chi connectivity index (χ0) is 20.3. The SMILES string of the molecule is CC(C)N/C(=N\C1CC(C2CC(F)CC(F)C2)NN1)NC(=O)C1CNOC1C. The van der Waals surface area contributed by atoms with Gasteiger partial charge < -0.3 is 5.32 Å². The molecule has 0 aromatic heterocycles. The third-order valence-corrected chi connectivity index (χ3v) is 5.54. The average Bonchev–Trinajstić information content (AvgIpc) is 3.22. The minimum atomic E-state index is -1.08. The number of hydrogen-bond donors (Lipinski definition) is 5. The largest absolute Gasteiger partial charge is 0.354 e. The van der Waals surface area contributed by atoms with Crippen LogP contribution in [0.1, 0.15) is 46.5 Å². The van der Waals surface area contributed by atoms with Crippen LogP contribution in [0, 0.1) is 11.8 Å². The molecule has 3 fully saturated rings. The highest BCUT2D eigenvalue weighted by Gasteiger charge is 2.37.